The Labute approximate surface area is 132 Å². The summed E-state index contributed by atoms with van der Waals surface area (Å²) in [6, 6.07) is 16.1. The molecule has 0 aliphatic carbocycles. The molecule has 0 aliphatic heterocycles. The van der Waals surface area contributed by atoms with Crippen molar-refractivity contribution in [1.29, 1.82) is 0 Å². The molecule has 0 spiro atoms. The molecule has 0 saturated heterocycles. The van der Waals surface area contributed by atoms with Crippen molar-refractivity contribution in [2.45, 2.75) is 45.4 Å². The Hall–Kier alpha value is -2.09. The van der Waals surface area contributed by atoms with Crippen molar-refractivity contribution in [2.24, 2.45) is 0 Å². The molecule has 0 aliphatic rings. The quantitative estimate of drug-likeness (QED) is 0.703. The topological polar surface area (TPSA) is 37.3 Å². The minimum Gasteiger partial charge on any atom is -0.478 e. The minimum atomic E-state index is -0.870. The van der Waals surface area contributed by atoms with Gasteiger partial charge in [-0.15, -0.1) is 0 Å². The predicted octanol–water partition coefficient (Wildman–Crippen LogP) is 4.90. The van der Waals surface area contributed by atoms with Gasteiger partial charge in [0, 0.05) is 0 Å². The van der Waals surface area contributed by atoms with E-state index in [2.05, 4.69) is 31.2 Å². The van der Waals surface area contributed by atoms with Gasteiger partial charge in [-0.1, -0.05) is 56.2 Å². The zero-order chi connectivity index (χ0) is 15.8. The summed E-state index contributed by atoms with van der Waals surface area (Å²) >= 11 is 0. The molecule has 0 atom stereocenters. The van der Waals surface area contributed by atoms with Crippen LogP contribution in [0, 0.1) is 0 Å². The van der Waals surface area contributed by atoms with Crippen molar-refractivity contribution in [3.8, 4) is 0 Å². The van der Waals surface area contributed by atoms with E-state index in [1.807, 2.05) is 12.1 Å². The number of carbonyl (C=O) groups is 1. The van der Waals surface area contributed by atoms with Gasteiger partial charge < -0.3 is 5.11 Å². The number of carboxylic acids is 1. The van der Waals surface area contributed by atoms with Crippen LogP contribution in [0.4, 0.5) is 0 Å². The molecule has 1 N–H and O–H groups in total. The summed E-state index contributed by atoms with van der Waals surface area (Å²) in [6.07, 6.45) is 6.93. The van der Waals surface area contributed by atoms with Crippen molar-refractivity contribution in [2.75, 3.05) is 0 Å². The lowest BCUT2D eigenvalue weighted by molar-refractivity contribution is 0.0697. The van der Waals surface area contributed by atoms with Gasteiger partial charge in [0.25, 0.3) is 0 Å². The summed E-state index contributed by atoms with van der Waals surface area (Å²) in [6.45, 7) is 2.23. The summed E-state index contributed by atoms with van der Waals surface area (Å²) in [4.78, 5) is 10.8. The van der Waals surface area contributed by atoms with E-state index in [9.17, 15) is 4.79 Å². The number of aryl methyl sites for hydroxylation is 3. The lowest BCUT2D eigenvalue weighted by atomic mass is 10.0. The summed E-state index contributed by atoms with van der Waals surface area (Å²) in [5, 5.41) is 8.89. The second-order valence-corrected chi connectivity index (χ2v) is 5.78. The van der Waals surface area contributed by atoms with Gasteiger partial charge in [-0.2, -0.15) is 0 Å². The summed E-state index contributed by atoms with van der Waals surface area (Å²) in [7, 11) is 0. The largest absolute Gasteiger partial charge is 0.478 e. The Bertz CT molecular complexity index is 582. The van der Waals surface area contributed by atoms with E-state index in [0.717, 1.165) is 12.8 Å². The first-order chi connectivity index (χ1) is 10.7. The molecule has 0 saturated carbocycles. The average Bonchev–Trinajstić information content (AvgIpc) is 2.55. The van der Waals surface area contributed by atoms with Crippen molar-refractivity contribution in [3.63, 3.8) is 0 Å². The van der Waals surface area contributed by atoms with Gasteiger partial charge in [0.15, 0.2) is 0 Å². The maximum absolute atomic E-state index is 10.8. The maximum Gasteiger partial charge on any atom is 0.335 e. The van der Waals surface area contributed by atoms with E-state index in [0.29, 0.717) is 5.56 Å². The fourth-order valence-electron chi connectivity index (χ4n) is 2.55. The average molecular weight is 296 g/mol. The van der Waals surface area contributed by atoms with Gasteiger partial charge in [-0.05, 0) is 54.5 Å². The van der Waals surface area contributed by atoms with Crippen molar-refractivity contribution < 1.29 is 9.90 Å². The number of benzene rings is 2. The second kappa shape index (κ2) is 8.38. The lowest BCUT2D eigenvalue weighted by Crippen LogP contribution is -1.97. The van der Waals surface area contributed by atoms with Crippen LogP contribution in [0.3, 0.4) is 0 Å². The van der Waals surface area contributed by atoms with Crippen molar-refractivity contribution in [1.82, 2.24) is 0 Å². The lowest BCUT2D eigenvalue weighted by Gasteiger charge is -2.05. The number of hydrogen-bond acceptors (Lipinski definition) is 1. The van der Waals surface area contributed by atoms with Gasteiger partial charge in [0.05, 0.1) is 5.56 Å². The molecular formula is C20H24O2. The highest BCUT2D eigenvalue weighted by Gasteiger charge is 2.02. The van der Waals surface area contributed by atoms with E-state index in [4.69, 9.17) is 5.11 Å². The fraction of sp³-hybridized carbons (Fsp3) is 0.350. The van der Waals surface area contributed by atoms with E-state index in [1.54, 1.807) is 12.1 Å². The molecule has 2 aromatic carbocycles. The van der Waals surface area contributed by atoms with Crippen molar-refractivity contribution in [3.05, 3.63) is 70.8 Å². The van der Waals surface area contributed by atoms with E-state index < -0.39 is 5.97 Å². The Morgan fingerprint density at radius 1 is 0.773 bits per heavy atom. The molecule has 2 nitrogen and oxygen atoms in total. The van der Waals surface area contributed by atoms with Crippen LogP contribution in [0.25, 0.3) is 0 Å². The van der Waals surface area contributed by atoms with Crippen LogP contribution >= 0.6 is 0 Å². The second-order valence-electron chi connectivity index (χ2n) is 5.78. The van der Waals surface area contributed by atoms with Crippen LogP contribution < -0.4 is 0 Å². The third-order valence-corrected chi connectivity index (χ3v) is 4.00. The minimum absolute atomic E-state index is 0.347. The number of hydrogen-bond donors (Lipinski definition) is 1. The van der Waals surface area contributed by atoms with Gasteiger partial charge in [0.1, 0.15) is 0 Å². The molecule has 2 aromatic rings. The number of carboxylic acid groups (broad SMARTS) is 1. The maximum atomic E-state index is 10.8. The zero-order valence-electron chi connectivity index (χ0n) is 13.2. The highest BCUT2D eigenvalue weighted by Crippen LogP contribution is 2.12. The third-order valence-electron chi connectivity index (χ3n) is 4.00. The molecule has 0 fully saturated rings. The molecule has 2 rings (SSSR count). The molecule has 0 heterocycles. The van der Waals surface area contributed by atoms with Crippen molar-refractivity contribution >= 4 is 5.97 Å². The molecule has 2 heteroatoms. The molecule has 0 bridgehead atoms. The molecule has 0 unspecified atom stereocenters. The SMILES string of the molecule is CCCCCc1ccc(CCc2ccc(C(=O)O)cc2)cc1. The first kappa shape index (κ1) is 16.3. The Kier molecular flexibility index (Phi) is 6.20. The van der Waals surface area contributed by atoms with Crippen LogP contribution in [-0.2, 0) is 19.3 Å². The molecule has 116 valence electrons. The zero-order valence-corrected chi connectivity index (χ0v) is 13.2. The van der Waals surface area contributed by atoms with Crippen LogP contribution in [0.5, 0.6) is 0 Å². The van der Waals surface area contributed by atoms with Gasteiger partial charge >= 0.3 is 5.97 Å². The van der Waals surface area contributed by atoms with Crippen LogP contribution in [-0.4, -0.2) is 11.1 Å². The standard InChI is InChI=1S/C20H24O2/c1-2-3-4-5-16-6-8-17(9-7-16)10-11-18-12-14-19(15-13-18)20(21)22/h6-9,12-15H,2-5,10-11H2,1H3,(H,21,22). The van der Waals surface area contributed by atoms with Gasteiger partial charge in [-0.3, -0.25) is 0 Å². The number of rotatable bonds is 8. The molecule has 0 aromatic heterocycles. The molecule has 0 amide bonds. The van der Waals surface area contributed by atoms with Gasteiger partial charge in [-0.25, -0.2) is 4.79 Å². The molecular weight excluding hydrogens is 272 g/mol. The Balaban J connectivity index is 1.84. The van der Waals surface area contributed by atoms with E-state index in [1.165, 1.54) is 42.4 Å². The molecule has 22 heavy (non-hydrogen) atoms. The fourth-order valence-corrected chi connectivity index (χ4v) is 2.55. The third kappa shape index (κ3) is 5.03. The van der Waals surface area contributed by atoms with E-state index >= 15 is 0 Å². The monoisotopic (exact) mass is 296 g/mol. The van der Waals surface area contributed by atoms with Gasteiger partial charge in [0.2, 0.25) is 0 Å². The predicted molar refractivity (Wildman–Crippen MR) is 90.5 cm³/mol. The normalized spacial score (nSPS) is 10.6. The smallest absolute Gasteiger partial charge is 0.335 e. The number of unbranched alkanes of at least 4 members (excludes halogenated alkanes) is 2. The first-order valence-electron chi connectivity index (χ1n) is 8.09. The summed E-state index contributed by atoms with van der Waals surface area (Å²) in [5.41, 5.74) is 4.28. The molecule has 0 radical (unpaired) electrons. The van der Waals surface area contributed by atoms with Crippen LogP contribution in [0.1, 0.15) is 53.2 Å². The van der Waals surface area contributed by atoms with Crippen LogP contribution in [0.2, 0.25) is 0 Å². The highest BCUT2D eigenvalue weighted by atomic mass is 16.4. The Morgan fingerprint density at radius 2 is 1.23 bits per heavy atom. The van der Waals surface area contributed by atoms with E-state index in [-0.39, 0.29) is 0 Å². The Morgan fingerprint density at radius 3 is 1.68 bits per heavy atom. The summed E-state index contributed by atoms with van der Waals surface area (Å²) < 4.78 is 0. The summed E-state index contributed by atoms with van der Waals surface area (Å²) in [5.74, 6) is -0.870. The van der Waals surface area contributed by atoms with Crippen LogP contribution in [0.15, 0.2) is 48.5 Å². The first-order valence-corrected chi connectivity index (χ1v) is 8.09. The highest BCUT2D eigenvalue weighted by molar-refractivity contribution is 5.87. The number of aromatic carboxylic acids is 1.